The summed E-state index contributed by atoms with van der Waals surface area (Å²) in [5.74, 6) is -0.760. The van der Waals surface area contributed by atoms with E-state index in [0.29, 0.717) is 22.8 Å². The first kappa shape index (κ1) is 17.8. The molecule has 0 saturated carbocycles. The van der Waals surface area contributed by atoms with Crippen LogP contribution in [0.1, 0.15) is 5.56 Å². The summed E-state index contributed by atoms with van der Waals surface area (Å²) >= 11 is 5.92. The summed E-state index contributed by atoms with van der Waals surface area (Å²) < 4.78 is 26.0. The van der Waals surface area contributed by atoms with Gasteiger partial charge in [0.25, 0.3) is 0 Å². The normalized spacial score (nSPS) is 10.4. The fourth-order valence-corrected chi connectivity index (χ4v) is 2.45. The number of carbonyl (C=O) groups excluding carboxylic acids is 1. The third-order valence-corrected chi connectivity index (χ3v) is 3.77. The second kappa shape index (κ2) is 7.88. The van der Waals surface area contributed by atoms with E-state index in [1.807, 2.05) is 0 Å². The molecule has 2 N–H and O–H groups in total. The highest BCUT2D eigenvalue weighted by molar-refractivity contribution is 6.31. The van der Waals surface area contributed by atoms with E-state index in [4.69, 9.17) is 11.6 Å². The highest BCUT2D eigenvalue weighted by atomic mass is 35.5. The van der Waals surface area contributed by atoms with Crippen LogP contribution in [0.5, 0.6) is 0 Å². The molecule has 1 aromatic heterocycles. The zero-order valence-corrected chi connectivity index (χ0v) is 14.1. The van der Waals surface area contributed by atoms with Crippen LogP contribution in [-0.4, -0.2) is 16.1 Å². The van der Waals surface area contributed by atoms with Crippen molar-refractivity contribution in [2.75, 3.05) is 10.6 Å². The minimum absolute atomic E-state index is 0.0117. The average Bonchev–Trinajstić information content (AvgIpc) is 2.60. The van der Waals surface area contributed by atoms with Crippen molar-refractivity contribution in [3.8, 4) is 0 Å². The molecular formula is C18H13ClF2N4O. The molecule has 0 aliphatic carbocycles. The second-order valence-corrected chi connectivity index (χ2v) is 5.83. The zero-order valence-electron chi connectivity index (χ0n) is 13.3. The molecule has 0 unspecified atom stereocenters. The summed E-state index contributed by atoms with van der Waals surface area (Å²) in [6.45, 7) is 0. The molecule has 2 aromatic carbocycles. The van der Waals surface area contributed by atoms with E-state index in [1.165, 1.54) is 30.5 Å². The Balaban J connectivity index is 1.66. The van der Waals surface area contributed by atoms with E-state index < -0.39 is 5.82 Å². The summed E-state index contributed by atoms with van der Waals surface area (Å²) in [5.41, 5.74) is 1.56. The summed E-state index contributed by atoms with van der Waals surface area (Å²) in [7, 11) is 0. The SMILES string of the molecule is O=C(Cc1ccc(F)cc1Cl)Nc1cnnc(Nc2ccc(F)cc2)c1. The third-order valence-electron chi connectivity index (χ3n) is 3.42. The predicted octanol–water partition coefficient (Wildman–Crippen LogP) is 4.33. The van der Waals surface area contributed by atoms with E-state index >= 15 is 0 Å². The van der Waals surface area contributed by atoms with Crippen molar-refractivity contribution in [2.45, 2.75) is 6.42 Å². The van der Waals surface area contributed by atoms with Crippen LogP contribution in [-0.2, 0) is 11.2 Å². The number of hydrogen-bond acceptors (Lipinski definition) is 4. The lowest BCUT2D eigenvalue weighted by atomic mass is 10.1. The number of hydrogen-bond donors (Lipinski definition) is 2. The molecule has 132 valence electrons. The van der Waals surface area contributed by atoms with E-state index in [-0.39, 0.29) is 23.2 Å². The van der Waals surface area contributed by atoms with Gasteiger partial charge in [-0.25, -0.2) is 8.78 Å². The minimum Gasteiger partial charge on any atom is -0.339 e. The highest BCUT2D eigenvalue weighted by Crippen LogP contribution is 2.20. The van der Waals surface area contributed by atoms with Gasteiger partial charge in [-0.1, -0.05) is 17.7 Å². The van der Waals surface area contributed by atoms with Crippen LogP contribution in [0.4, 0.5) is 26.0 Å². The van der Waals surface area contributed by atoms with Crippen molar-refractivity contribution < 1.29 is 13.6 Å². The first-order valence-electron chi connectivity index (χ1n) is 7.59. The van der Waals surface area contributed by atoms with E-state index in [2.05, 4.69) is 20.8 Å². The van der Waals surface area contributed by atoms with Crippen LogP contribution in [0.2, 0.25) is 5.02 Å². The molecule has 5 nitrogen and oxygen atoms in total. The number of aromatic nitrogens is 2. The first-order valence-corrected chi connectivity index (χ1v) is 7.96. The van der Waals surface area contributed by atoms with Crippen molar-refractivity contribution in [3.05, 3.63) is 76.9 Å². The van der Waals surface area contributed by atoms with Gasteiger partial charge in [-0.2, -0.15) is 5.10 Å². The quantitative estimate of drug-likeness (QED) is 0.697. The van der Waals surface area contributed by atoms with Gasteiger partial charge in [0.05, 0.1) is 18.3 Å². The van der Waals surface area contributed by atoms with E-state index in [1.54, 1.807) is 18.2 Å². The molecule has 1 amide bonds. The Morgan fingerprint density at radius 2 is 1.73 bits per heavy atom. The number of nitrogens with one attached hydrogen (secondary N) is 2. The molecule has 3 aromatic rings. The summed E-state index contributed by atoms with van der Waals surface area (Å²) in [5, 5.41) is 13.5. The number of nitrogens with zero attached hydrogens (tertiary/aromatic N) is 2. The lowest BCUT2D eigenvalue weighted by Crippen LogP contribution is -2.15. The minimum atomic E-state index is -0.464. The maximum atomic E-state index is 13.0. The summed E-state index contributed by atoms with van der Waals surface area (Å²) in [4.78, 5) is 12.2. The average molecular weight is 375 g/mol. The van der Waals surface area contributed by atoms with Crippen LogP contribution in [0.3, 0.4) is 0 Å². The lowest BCUT2D eigenvalue weighted by molar-refractivity contribution is -0.115. The number of halogens is 3. The van der Waals surface area contributed by atoms with E-state index in [0.717, 1.165) is 6.07 Å². The Morgan fingerprint density at radius 1 is 1.00 bits per heavy atom. The van der Waals surface area contributed by atoms with Gasteiger partial charge in [0, 0.05) is 16.8 Å². The van der Waals surface area contributed by atoms with Crippen LogP contribution in [0.25, 0.3) is 0 Å². The van der Waals surface area contributed by atoms with Crippen LogP contribution in [0.15, 0.2) is 54.7 Å². The molecule has 0 atom stereocenters. The largest absolute Gasteiger partial charge is 0.339 e. The molecule has 26 heavy (non-hydrogen) atoms. The zero-order chi connectivity index (χ0) is 18.5. The van der Waals surface area contributed by atoms with Crippen LogP contribution >= 0.6 is 11.6 Å². The van der Waals surface area contributed by atoms with Gasteiger partial charge >= 0.3 is 0 Å². The predicted molar refractivity (Wildman–Crippen MR) is 95.5 cm³/mol. The van der Waals surface area contributed by atoms with Crippen molar-refractivity contribution in [3.63, 3.8) is 0 Å². The molecule has 0 spiro atoms. The standard InChI is InChI=1S/C18H13ClF2N4O/c19-16-8-13(21)2-1-11(16)7-18(26)24-15-9-17(25-22-10-15)23-14-5-3-12(20)4-6-14/h1-6,8-10H,7H2,(H2,23,24,25,26). The van der Waals surface area contributed by atoms with Crippen LogP contribution < -0.4 is 10.6 Å². The van der Waals surface area contributed by atoms with Crippen molar-refractivity contribution in [2.24, 2.45) is 0 Å². The van der Waals surface area contributed by atoms with Crippen molar-refractivity contribution in [1.29, 1.82) is 0 Å². The van der Waals surface area contributed by atoms with Crippen molar-refractivity contribution in [1.82, 2.24) is 10.2 Å². The maximum absolute atomic E-state index is 13.0. The second-order valence-electron chi connectivity index (χ2n) is 5.42. The van der Waals surface area contributed by atoms with Gasteiger partial charge in [0.15, 0.2) is 5.82 Å². The fraction of sp³-hybridized carbons (Fsp3) is 0.0556. The number of anilines is 3. The number of carbonyl (C=O) groups is 1. The Kier molecular flexibility index (Phi) is 5.38. The third kappa shape index (κ3) is 4.73. The monoisotopic (exact) mass is 374 g/mol. The number of benzene rings is 2. The summed E-state index contributed by atoms with van der Waals surface area (Å²) in [6.07, 6.45) is 1.38. The Hall–Kier alpha value is -3.06. The molecule has 0 saturated heterocycles. The molecular weight excluding hydrogens is 362 g/mol. The smallest absolute Gasteiger partial charge is 0.228 e. The van der Waals surface area contributed by atoms with Crippen LogP contribution in [0, 0.1) is 11.6 Å². The molecule has 0 aliphatic rings. The maximum Gasteiger partial charge on any atom is 0.228 e. The van der Waals surface area contributed by atoms with E-state index in [9.17, 15) is 13.6 Å². The molecule has 8 heteroatoms. The van der Waals surface area contributed by atoms with Crippen molar-refractivity contribution >= 4 is 34.7 Å². The van der Waals surface area contributed by atoms with Gasteiger partial charge in [0.1, 0.15) is 11.6 Å². The highest BCUT2D eigenvalue weighted by Gasteiger charge is 2.09. The summed E-state index contributed by atoms with van der Waals surface area (Å²) in [6, 6.07) is 11.2. The van der Waals surface area contributed by atoms with Gasteiger partial charge < -0.3 is 10.6 Å². The molecule has 3 rings (SSSR count). The molecule has 0 fully saturated rings. The number of rotatable bonds is 5. The Morgan fingerprint density at radius 3 is 2.46 bits per heavy atom. The Labute approximate surface area is 153 Å². The Bertz CT molecular complexity index is 935. The van der Waals surface area contributed by atoms with Gasteiger partial charge in [0.2, 0.25) is 5.91 Å². The molecule has 0 bridgehead atoms. The topological polar surface area (TPSA) is 66.9 Å². The molecule has 0 radical (unpaired) electrons. The first-order chi connectivity index (χ1) is 12.5. The van der Waals surface area contributed by atoms with Gasteiger partial charge in [-0.05, 0) is 42.0 Å². The molecule has 0 aliphatic heterocycles. The molecule has 1 heterocycles. The fourth-order valence-electron chi connectivity index (χ4n) is 2.22. The number of amides is 1. The lowest BCUT2D eigenvalue weighted by Gasteiger charge is -2.09. The van der Waals surface area contributed by atoms with Gasteiger partial charge in [-0.15, -0.1) is 5.10 Å². The van der Waals surface area contributed by atoms with Gasteiger partial charge in [-0.3, -0.25) is 4.79 Å².